The Kier molecular flexibility index (Phi) is 2.59. The Bertz CT molecular complexity index is 348. The van der Waals surface area contributed by atoms with E-state index in [1.54, 1.807) is 0 Å². The molecule has 68 valence electrons. The SMILES string of the molecule is O=COc1c(F)cccc1C(=O)O. The predicted octanol–water partition coefficient (Wildman–Crippen LogP) is 1.06. The highest BCUT2D eigenvalue weighted by atomic mass is 19.1. The largest absolute Gasteiger partial charge is 0.478 e. The number of carbonyl (C=O) groups excluding carboxylic acids is 1. The standard InChI is InChI=1S/C8H5FO4/c9-6-3-1-2-5(8(11)12)7(6)13-4-10/h1-4H,(H,11,12). The molecular weight excluding hydrogens is 179 g/mol. The molecule has 0 atom stereocenters. The van der Waals surface area contributed by atoms with Crippen molar-refractivity contribution in [1.82, 2.24) is 0 Å². The highest BCUT2D eigenvalue weighted by Gasteiger charge is 2.15. The van der Waals surface area contributed by atoms with Gasteiger partial charge in [-0.05, 0) is 12.1 Å². The van der Waals surface area contributed by atoms with Crippen LogP contribution in [0.5, 0.6) is 5.75 Å². The van der Waals surface area contributed by atoms with Gasteiger partial charge in [0.25, 0.3) is 6.47 Å². The lowest BCUT2D eigenvalue weighted by molar-refractivity contribution is -0.120. The van der Waals surface area contributed by atoms with Gasteiger partial charge in [-0.2, -0.15) is 0 Å². The molecule has 0 aliphatic rings. The maximum Gasteiger partial charge on any atom is 0.339 e. The van der Waals surface area contributed by atoms with E-state index in [4.69, 9.17) is 5.11 Å². The van der Waals surface area contributed by atoms with Crippen LogP contribution in [0.15, 0.2) is 18.2 Å². The van der Waals surface area contributed by atoms with Gasteiger partial charge < -0.3 is 9.84 Å². The van der Waals surface area contributed by atoms with Gasteiger partial charge in [-0.3, -0.25) is 4.79 Å². The number of carboxylic acids is 1. The molecule has 1 N–H and O–H groups in total. The molecule has 0 unspecified atom stereocenters. The maximum atomic E-state index is 12.9. The number of carbonyl (C=O) groups is 2. The van der Waals surface area contributed by atoms with Crippen LogP contribution in [0.2, 0.25) is 0 Å². The molecule has 5 heteroatoms. The zero-order valence-electron chi connectivity index (χ0n) is 6.36. The molecule has 1 aromatic carbocycles. The van der Waals surface area contributed by atoms with Gasteiger partial charge in [0.2, 0.25) is 0 Å². The summed E-state index contributed by atoms with van der Waals surface area (Å²) in [7, 11) is 0. The molecule has 1 rings (SSSR count). The topological polar surface area (TPSA) is 63.6 Å². The Morgan fingerprint density at radius 2 is 2.23 bits per heavy atom. The minimum atomic E-state index is -1.35. The first-order valence-corrected chi connectivity index (χ1v) is 3.29. The molecule has 0 radical (unpaired) electrons. The number of hydrogen-bond acceptors (Lipinski definition) is 3. The van der Waals surface area contributed by atoms with Crippen LogP contribution >= 0.6 is 0 Å². The molecule has 0 bridgehead atoms. The Morgan fingerprint density at radius 1 is 1.54 bits per heavy atom. The van der Waals surface area contributed by atoms with E-state index in [0.717, 1.165) is 12.1 Å². The van der Waals surface area contributed by atoms with Gasteiger partial charge >= 0.3 is 5.97 Å². The van der Waals surface area contributed by atoms with Gasteiger partial charge in [0.1, 0.15) is 5.56 Å². The van der Waals surface area contributed by atoms with Crippen molar-refractivity contribution in [2.24, 2.45) is 0 Å². The van der Waals surface area contributed by atoms with E-state index in [2.05, 4.69) is 4.74 Å². The van der Waals surface area contributed by atoms with Crippen LogP contribution < -0.4 is 4.74 Å². The number of carboxylic acid groups (broad SMARTS) is 1. The van der Waals surface area contributed by atoms with Crippen molar-refractivity contribution in [2.45, 2.75) is 0 Å². The summed E-state index contributed by atoms with van der Waals surface area (Å²) >= 11 is 0. The number of rotatable bonds is 3. The van der Waals surface area contributed by atoms with Crippen LogP contribution in [0.3, 0.4) is 0 Å². The van der Waals surface area contributed by atoms with Crippen molar-refractivity contribution in [2.75, 3.05) is 0 Å². The lowest BCUT2D eigenvalue weighted by atomic mass is 10.2. The molecular formula is C8H5FO4. The first-order chi connectivity index (χ1) is 6.16. The van der Waals surface area contributed by atoms with E-state index in [-0.39, 0.29) is 12.0 Å². The quantitative estimate of drug-likeness (QED) is 0.713. The molecule has 1 aromatic rings. The van der Waals surface area contributed by atoms with Gasteiger partial charge in [0.05, 0.1) is 0 Å². The highest BCUT2D eigenvalue weighted by molar-refractivity contribution is 5.91. The summed E-state index contributed by atoms with van der Waals surface area (Å²) in [4.78, 5) is 20.4. The van der Waals surface area contributed by atoms with Crippen LogP contribution in [0, 0.1) is 5.82 Å². The molecule has 0 aliphatic carbocycles. The minimum absolute atomic E-state index is 0.0230. The lowest BCUT2D eigenvalue weighted by Gasteiger charge is -2.02. The summed E-state index contributed by atoms with van der Waals surface area (Å²) < 4.78 is 17.0. The summed E-state index contributed by atoms with van der Waals surface area (Å²) in [5, 5.41) is 8.55. The zero-order valence-corrected chi connectivity index (χ0v) is 6.36. The third-order valence-electron chi connectivity index (χ3n) is 1.36. The summed E-state index contributed by atoms with van der Waals surface area (Å²) in [5.41, 5.74) is -0.382. The number of halogens is 1. The lowest BCUT2D eigenvalue weighted by Crippen LogP contribution is -2.03. The number of benzene rings is 1. The van der Waals surface area contributed by atoms with E-state index in [1.807, 2.05) is 0 Å². The Labute approximate surface area is 72.6 Å². The molecule has 13 heavy (non-hydrogen) atoms. The van der Waals surface area contributed by atoms with Gasteiger partial charge in [0.15, 0.2) is 11.6 Å². The first kappa shape index (κ1) is 9.18. The second-order valence-electron chi connectivity index (χ2n) is 2.14. The highest BCUT2D eigenvalue weighted by Crippen LogP contribution is 2.21. The molecule has 0 fully saturated rings. The summed E-state index contributed by atoms with van der Waals surface area (Å²) in [5.74, 6) is -2.80. The van der Waals surface area contributed by atoms with E-state index in [9.17, 15) is 14.0 Å². The van der Waals surface area contributed by atoms with E-state index in [1.165, 1.54) is 6.07 Å². The Hall–Kier alpha value is -1.91. The summed E-state index contributed by atoms with van der Waals surface area (Å²) in [6.07, 6.45) is 0. The zero-order chi connectivity index (χ0) is 9.84. The minimum Gasteiger partial charge on any atom is -0.478 e. The summed E-state index contributed by atoms with van der Waals surface area (Å²) in [6, 6.07) is 3.37. The van der Waals surface area contributed by atoms with Crippen LogP contribution in [0.1, 0.15) is 10.4 Å². The number of para-hydroxylation sites is 1. The monoisotopic (exact) mass is 184 g/mol. The van der Waals surface area contributed by atoms with Crippen molar-refractivity contribution in [1.29, 1.82) is 0 Å². The average molecular weight is 184 g/mol. The molecule has 0 saturated carbocycles. The summed E-state index contributed by atoms with van der Waals surface area (Å²) in [6.45, 7) is -0.0230. The van der Waals surface area contributed by atoms with Crippen LogP contribution in [0.25, 0.3) is 0 Å². The smallest absolute Gasteiger partial charge is 0.339 e. The molecule has 0 saturated heterocycles. The molecule has 0 aromatic heterocycles. The second kappa shape index (κ2) is 3.66. The van der Waals surface area contributed by atoms with Crippen molar-refractivity contribution in [3.63, 3.8) is 0 Å². The maximum absolute atomic E-state index is 12.9. The van der Waals surface area contributed by atoms with Gasteiger partial charge in [-0.25, -0.2) is 9.18 Å². The van der Waals surface area contributed by atoms with Crippen molar-refractivity contribution >= 4 is 12.4 Å². The first-order valence-electron chi connectivity index (χ1n) is 3.29. The average Bonchev–Trinajstić information content (AvgIpc) is 2.08. The van der Waals surface area contributed by atoms with E-state index in [0.29, 0.717) is 0 Å². The predicted molar refractivity (Wildman–Crippen MR) is 40.1 cm³/mol. The fraction of sp³-hybridized carbons (Fsp3) is 0. The van der Waals surface area contributed by atoms with Crippen LogP contribution in [-0.4, -0.2) is 17.5 Å². The van der Waals surface area contributed by atoms with E-state index >= 15 is 0 Å². The third kappa shape index (κ3) is 1.81. The van der Waals surface area contributed by atoms with Crippen LogP contribution in [0.4, 0.5) is 4.39 Å². The van der Waals surface area contributed by atoms with Gasteiger partial charge in [-0.1, -0.05) is 6.07 Å². The molecule has 4 nitrogen and oxygen atoms in total. The van der Waals surface area contributed by atoms with Crippen molar-refractivity contribution in [3.8, 4) is 5.75 Å². The number of hydrogen-bond donors (Lipinski definition) is 1. The molecule has 0 heterocycles. The van der Waals surface area contributed by atoms with Crippen molar-refractivity contribution < 1.29 is 23.8 Å². The fourth-order valence-electron chi connectivity index (χ4n) is 0.845. The Balaban J connectivity index is 3.24. The van der Waals surface area contributed by atoms with E-state index < -0.39 is 17.5 Å². The van der Waals surface area contributed by atoms with Crippen molar-refractivity contribution in [3.05, 3.63) is 29.6 Å². The van der Waals surface area contributed by atoms with Gasteiger partial charge in [-0.15, -0.1) is 0 Å². The molecule has 0 aliphatic heterocycles. The van der Waals surface area contributed by atoms with Gasteiger partial charge in [0, 0.05) is 0 Å². The number of ether oxygens (including phenoxy) is 1. The van der Waals surface area contributed by atoms with Crippen LogP contribution in [-0.2, 0) is 4.79 Å². The molecule has 0 spiro atoms. The second-order valence-corrected chi connectivity index (χ2v) is 2.14. The normalized spacial score (nSPS) is 9.31. The number of aromatic carboxylic acids is 1. The Morgan fingerprint density at radius 3 is 2.77 bits per heavy atom. The fourth-order valence-corrected chi connectivity index (χ4v) is 0.845. The molecule has 0 amide bonds. The third-order valence-corrected chi connectivity index (χ3v) is 1.36.